The highest BCUT2D eigenvalue weighted by molar-refractivity contribution is 5.79. The van der Waals surface area contributed by atoms with Crippen molar-refractivity contribution >= 4 is 5.57 Å². The number of aromatic nitrogens is 3. The number of hydrogen-bond acceptors (Lipinski definition) is 5. The highest BCUT2D eigenvalue weighted by atomic mass is 16.4. The van der Waals surface area contributed by atoms with Crippen LogP contribution in [0, 0.1) is 0 Å². The molecular formula is C11H10N4O. The maximum Gasteiger partial charge on any atom is 0.248 e. The quantitative estimate of drug-likeness (QED) is 0.803. The second-order valence-electron chi connectivity index (χ2n) is 3.52. The molecule has 5 nitrogen and oxygen atoms in total. The molecule has 2 aromatic heterocycles. The largest absolute Gasteiger partial charge is 0.419 e. The van der Waals surface area contributed by atoms with Crippen molar-refractivity contribution in [3.05, 3.63) is 47.4 Å². The third-order valence-corrected chi connectivity index (χ3v) is 2.55. The van der Waals surface area contributed by atoms with E-state index in [1.807, 2.05) is 18.2 Å². The smallest absolute Gasteiger partial charge is 0.248 e. The Hall–Kier alpha value is -2.01. The SMILES string of the molecule is NCc1nnc(C2=CCc3ncccc32)o1. The third kappa shape index (κ3) is 1.33. The lowest BCUT2D eigenvalue weighted by Gasteiger charge is -1.99. The van der Waals surface area contributed by atoms with Gasteiger partial charge >= 0.3 is 0 Å². The van der Waals surface area contributed by atoms with E-state index in [1.165, 1.54) is 0 Å². The topological polar surface area (TPSA) is 77.8 Å². The van der Waals surface area contributed by atoms with Crippen molar-refractivity contribution in [2.24, 2.45) is 5.73 Å². The van der Waals surface area contributed by atoms with E-state index in [4.69, 9.17) is 10.2 Å². The molecule has 0 atom stereocenters. The summed E-state index contributed by atoms with van der Waals surface area (Å²) in [4.78, 5) is 4.30. The standard InChI is InChI=1S/C11H10N4O/c12-6-10-14-15-11(16-10)8-3-4-9-7(8)2-1-5-13-9/h1-3,5H,4,6,12H2. The van der Waals surface area contributed by atoms with Gasteiger partial charge in [0, 0.05) is 23.8 Å². The van der Waals surface area contributed by atoms with Gasteiger partial charge in [0.05, 0.1) is 12.2 Å². The van der Waals surface area contributed by atoms with Gasteiger partial charge in [0.1, 0.15) is 0 Å². The number of rotatable bonds is 2. The van der Waals surface area contributed by atoms with Crippen molar-refractivity contribution in [3.63, 3.8) is 0 Å². The lowest BCUT2D eigenvalue weighted by atomic mass is 10.1. The highest BCUT2D eigenvalue weighted by Crippen LogP contribution is 2.30. The zero-order chi connectivity index (χ0) is 11.0. The summed E-state index contributed by atoms with van der Waals surface area (Å²) >= 11 is 0. The van der Waals surface area contributed by atoms with E-state index < -0.39 is 0 Å². The molecule has 2 aromatic rings. The second-order valence-corrected chi connectivity index (χ2v) is 3.52. The van der Waals surface area contributed by atoms with Crippen LogP contribution in [0.25, 0.3) is 5.57 Å². The first-order valence-electron chi connectivity index (χ1n) is 5.05. The zero-order valence-electron chi connectivity index (χ0n) is 8.55. The Bertz CT molecular complexity index is 559. The maximum atomic E-state index is 5.43. The van der Waals surface area contributed by atoms with Crippen LogP contribution in [-0.2, 0) is 13.0 Å². The molecule has 0 aliphatic heterocycles. The van der Waals surface area contributed by atoms with Crippen molar-refractivity contribution in [2.75, 3.05) is 0 Å². The molecular weight excluding hydrogens is 204 g/mol. The molecule has 0 saturated carbocycles. The van der Waals surface area contributed by atoms with E-state index >= 15 is 0 Å². The van der Waals surface area contributed by atoms with Gasteiger partial charge in [-0.2, -0.15) is 0 Å². The van der Waals surface area contributed by atoms with Crippen LogP contribution in [-0.4, -0.2) is 15.2 Å². The molecule has 3 rings (SSSR count). The molecule has 80 valence electrons. The van der Waals surface area contributed by atoms with Crippen molar-refractivity contribution < 1.29 is 4.42 Å². The van der Waals surface area contributed by atoms with Crippen LogP contribution < -0.4 is 5.73 Å². The van der Waals surface area contributed by atoms with Gasteiger partial charge < -0.3 is 10.2 Å². The minimum atomic E-state index is 0.264. The number of fused-ring (bicyclic) bond motifs is 1. The molecule has 5 heteroatoms. The molecule has 0 amide bonds. The summed E-state index contributed by atoms with van der Waals surface area (Å²) in [6.45, 7) is 0.264. The van der Waals surface area contributed by atoms with E-state index in [2.05, 4.69) is 15.2 Å². The summed E-state index contributed by atoms with van der Waals surface area (Å²) in [5.74, 6) is 0.973. The molecule has 0 saturated heterocycles. The Morgan fingerprint density at radius 1 is 1.38 bits per heavy atom. The van der Waals surface area contributed by atoms with Crippen LogP contribution in [0.1, 0.15) is 23.0 Å². The normalized spacial score (nSPS) is 13.7. The van der Waals surface area contributed by atoms with Gasteiger partial charge in [0.2, 0.25) is 11.8 Å². The predicted molar refractivity (Wildman–Crippen MR) is 57.2 cm³/mol. The van der Waals surface area contributed by atoms with E-state index in [0.29, 0.717) is 11.8 Å². The van der Waals surface area contributed by atoms with Gasteiger partial charge in [0.15, 0.2) is 0 Å². The number of allylic oxidation sites excluding steroid dienone is 1. The van der Waals surface area contributed by atoms with Gasteiger partial charge in [0.25, 0.3) is 0 Å². The Kier molecular flexibility index (Phi) is 2.04. The summed E-state index contributed by atoms with van der Waals surface area (Å²) < 4.78 is 5.43. The van der Waals surface area contributed by atoms with E-state index in [1.54, 1.807) is 6.20 Å². The molecule has 2 heterocycles. The van der Waals surface area contributed by atoms with Gasteiger partial charge in [-0.05, 0) is 6.07 Å². The maximum absolute atomic E-state index is 5.43. The third-order valence-electron chi connectivity index (χ3n) is 2.55. The fraction of sp³-hybridized carbons (Fsp3) is 0.182. The van der Waals surface area contributed by atoms with Crippen molar-refractivity contribution in [3.8, 4) is 0 Å². The first kappa shape index (κ1) is 9.23. The van der Waals surface area contributed by atoms with Crippen molar-refractivity contribution in [1.29, 1.82) is 0 Å². The van der Waals surface area contributed by atoms with Crippen molar-refractivity contribution in [2.45, 2.75) is 13.0 Å². The average Bonchev–Trinajstić information content (AvgIpc) is 2.94. The minimum absolute atomic E-state index is 0.264. The van der Waals surface area contributed by atoms with Crippen LogP contribution in [0.4, 0.5) is 0 Å². The molecule has 16 heavy (non-hydrogen) atoms. The van der Waals surface area contributed by atoms with Crippen LogP contribution in [0.3, 0.4) is 0 Å². The number of nitrogens with two attached hydrogens (primary N) is 1. The molecule has 0 unspecified atom stereocenters. The summed E-state index contributed by atoms with van der Waals surface area (Å²) in [5.41, 5.74) is 8.49. The Balaban J connectivity index is 2.04. The van der Waals surface area contributed by atoms with Crippen LogP contribution >= 0.6 is 0 Å². The van der Waals surface area contributed by atoms with Crippen LogP contribution in [0.15, 0.2) is 28.8 Å². The molecule has 0 aromatic carbocycles. The minimum Gasteiger partial charge on any atom is -0.419 e. The summed E-state index contributed by atoms with van der Waals surface area (Å²) in [6.07, 6.45) is 4.64. The van der Waals surface area contributed by atoms with Crippen LogP contribution in [0.2, 0.25) is 0 Å². The summed E-state index contributed by atoms with van der Waals surface area (Å²) in [5, 5.41) is 7.82. The Morgan fingerprint density at radius 2 is 2.31 bits per heavy atom. The fourth-order valence-corrected chi connectivity index (χ4v) is 1.80. The Morgan fingerprint density at radius 3 is 3.12 bits per heavy atom. The Labute approximate surface area is 92.0 Å². The average molecular weight is 214 g/mol. The molecule has 0 bridgehead atoms. The van der Waals surface area contributed by atoms with Gasteiger partial charge in [-0.15, -0.1) is 10.2 Å². The van der Waals surface area contributed by atoms with E-state index in [0.717, 1.165) is 23.3 Å². The lowest BCUT2D eigenvalue weighted by Crippen LogP contribution is -1.95. The molecule has 1 aliphatic carbocycles. The summed E-state index contributed by atoms with van der Waals surface area (Å²) in [7, 11) is 0. The summed E-state index contributed by atoms with van der Waals surface area (Å²) in [6, 6.07) is 3.91. The van der Waals surface area contributed by atoms with Gasteiger partial charge in [-0.3, -0.25) is 4.98 Å². The van der Waals surface area contributed by atoms with Gasteiger partial charge in [-0.1, -0.05) is 12.1 Å². The second kappa shape index (κ2) is 3.53. The molecule has 2 N–H and O–H groups in total. The highest BCUT2D eigenvalue weighted by Gasteiger charge is 2.20. The monoisotopic (exact) mass is 214 g/mol. The lowest BCUT2D eigenvalue weighted by molar-refractivity contribution is 0.485. The molecule has 0 fully saturated rings. The number of nitrogens with zero attached hydrogens (tertiary/aromatic N) is 3. The first-order chi connectivity index (χ1) is 7.88. The van der Waals surface area contributed by atoms with E-state index in [9.17, 15) is 0 Å². The zero-order valence-corrected chi connectivity index (χ0v) is 8.55. The number of pyridine rings is 1. The van der Waals surface area contributed by atoms with Gasteiger partial charge in [-0.25, -0.2) is 0 Å². The molecule has 0 radical (unpaired) electrons. The molecule has 1 aliphatic rings. The number of hydrogen-bond donors (Lipinski definition) is 1. The first-order valence-corrected chi connectivity index (χ1v) is 5.05. The fourth-order valence-electron chi connectivity index (χ4n) is 1.80. The van der Waals surface area contributed by atoms with Crippen molar-refractivity contribution in [1.82, 2.24) is 15.2 Å². The molecule has 0 spiro atoms. The van der Waals surface area contributed by atoms with Crippen LogP contribution in [0.5, 0.6) is 0 Å². The van der Waals surface area contributed by atoms with E-state index in [-0.39, 0.29) is 6.54 Å². The predicted octanol–water partition coefficient (Wildman–Crippen LogP) is 0.911.